The molecule has 0 N–H and O–H groups in total. The molecule has 0 bridgehead atoms. The molecule has 4 heteroatoms. The average Bonchev–Trinajstić information content (AvgIpc) is 3.51. The minimum Gasteiger partial charge on any atom is -0.309 e. The second kappa shape index (κ2) is 8.37. The van der Waals surface area contributed by atoms with Crippen molar-refractivity contribution in [2.75, 3.05) is 0 Å². The van der Waals surface area contributed by atoms with E-state index in [1.54, 1.807) is 17.7 Å². The van der Waals surface area contributed by atoms with Gasteiger partial charge in [0.1, 0.15) is 11.2 Å². The Labute approximate surface area is 223 Å². The monoisotopic (exact) mass is 503 g/mol. The van der Waals surface area contributed by atoms with E-state index >= 15 is 0 Å². The van der Waals surface area contributed by atoms with Crippen LogP contribution in [-0.2, 0) is 0 Å². The van der Waals surface area contributed by atoms with Gasteiger partial charge in [-0.1, -0.05) is 78.9 Å². The van der Waals surface area contributed by atoms with Gasteiger partial charge in [-0.2, -0.15) is 0 Å². The number of thiophene rings is 1. The minimum atomic E-state index is 1.02. The third-order valence-corrected chi connectivity index (χ3v) is 8.41. The van der Waals surface area contributed by atoms with Gasteiger partial charge in [-0.15, -0.1) is 11.3 Å². The third-order valence-electron chi connectivity index (χ3n) is 7.34. The zero-order chi connectivity index (χ0) is 25.1. The molecule has 0 unspecified atom stereocenters. The minimum absolute atomic E-state index is 1.02. The van der Waals surface area contributed by atoms with Crippen LogP contribution in [0.4, 0.5) is 0 Å². The van der Waals surface area contributed by atoms with Gasteiger partial charge < -0.3 is 4.57 Å². The molecule has 0 spiro atoms. The largest absolute Gasteiger partial charge is 0.309 e. The van der Waals surface area contributed by atoms with Crippen molar-refractivity contribution in [1.82, 2.24) is 14.5 Å². The topological polar surface area (TPSA) is 30.7 Å². The molecular weight excluding hydrogens is 482 g/mol. The fraction of sp³-hybridized carbons (Fsp3) is 0. The fourth-order valence-electron chi connectivity index (χ4n) is 5.59. The first kappa shape index (κ1) is 21.3. The second-order valence-electron chi connectivity index (χ2n) is 9.56. The lowest BCUT2D eigenvalue weighted by atomic mass is 9.98. The van der Waals surface area contributed by atoms with Crippen molar-refractivity contribution in [1.29, 1.82) is 0 Å². The Kier molecular flexibility index (Phi) is 4.69. The summed E-state index contributed by atoms with van der Waals surface area (Å²) in [5.41, 5.74) is 8.33. The molecule has 0 amide bonds. The number of hydrogen-bond donors (Lipinski definition) is 0. The van der Waals surface area contributed by atoms with Crippen LogP contribution >= 0.6 is 11.3 Å². The molecule has 0 aliphatic carbocycles. The maximum atomic E-state index is 4.53. The van der Waals surface area contributed by atoms with Gasteiger partial charge in [0, 0.05) is 38.1 Å². The number of nitrogens with zero attached hydrogens (tertiary/aromatic N) is 3. The van der Waals surface area contributed by atoms with E-state index in [0.29, 0.717) is 0 Å². The number of para-hydroxylation sites is 1. The van der Waals surface area contributed by atoms with Gasteiger partial charge in [-0.25, -0.2) is 9.97 Å². The molecule has 8 aromatic rings. The predicted octanol–water partition coefficient (Wildman–Crippen LogP) is 9.28. The maximum Gasteiger partial charge on any atom is 0.127 e. The van der Waals surface area contributed by atoms with Crippen molar-refractivity contribution in [3.05, 3.63) is 128 Å². The number of fused-ring (bicyclic) bond motifs is 6. The third kappa shape index (κ3) is 3.28. The summed E-state index contributed by atoms with van der Waals surface area (Å²) in [6.07, 6.45) is 3.57. The van der Waals surface area contributed by atoms with Gasteiger partial charge in [0.2, 0.25) is 0 Å². The normalized spacial score (nSPS) is 11.7. The maximum absolute atomic E-state index is 4.53. The van der Waals surface area contributed by atoms with E-state index in [1.165, 1.54) is 54.1 Å². The van der Waals surface area contributed by atoms with Crippen LogP contribution in [-0.4, -0.2) is 14.5 Å². The SMILES string of the molecule is c1ccc(-c2cc(-c3ccccc3)cc(-n3c4ccccc4c4cc5sc6ncncc6c5cc43)c2)cc1. The Morgan fingerprint density at radius 3 is 1.95 bits per heavy atom. The van der Waals surface area contributed by atoms with Crippen LogP contribution < -0.4 is 0 Å². The Morgan fingerprint density at radius 1 is 0.526 bits per heavy atom. The molecule has 38 heavy (non-hydrogen) atoms. The first-order valence-corrected chi connectivity index (χ1v) is 13.5. The van der Waals surface area contributed by atoms with Crippen LogP contribution in [0.3, 0.4) is 0 Å². The summed E-state index contributed by atoms with van der Waals surface area (Å²) in [7, 11) is 0. The zero-order valence-corrected chi connectivity index (χ0v) is 21.2. The molecule has 0 fully saturated rings. The molecule has 0 radical (unpaired) electrons. The van der Waals surface area contributed by atoms with Crippen molar-refractivity contribution in [2.24, 2.45) is 0 Å². The summed E-state index contributed by atoms with van der Waals surface area (Å²) >= 11 is 1.73. The Bertz CT molecular complexity index is 2070. The molecule has 0 atom stereocenters. The quantitative estimate of drug-likeness (QED) is 0.240. The van der Waals surface area contributed by atoms with E-state index < -0.39 is 0 Å². The molecule has 0 aliphatic rings. The fourth-order valence-corrected chi connectivity index (χ4v) is 6.63. The summed E-state index contributed by atoms with van der Waals surface area (Å²) in [6, 6.07) is 41.6. The highest BCUT2D eigenvalue weighted by atomic mass is 32.1. The molecule has 0 saturated carbocycles. The van der Waals surface area contributed by atoms with Gasteiger partial charge in [-0.05, 0) is 58.7 Å². The summed E-state index contributed by atoms with van der Waals surface area (Å²) < 4.78 is 3.65. The average molecular weight is 504 g/mol. The van der Waals surface area contributed by atoms with Crippen molar-refractivity contribution in [3.63, 3.8) is 0 Å². The van der Waals surface area contributed by atoms with Gasteiger partial charge in [-0.3, -0.25) is 0 Å². The second-order valence-corrected chi connectivity index (χ2v) is 10.6. The van der Waals surface area contributed by atoms with Crippen LogP contribution in [0.25, 0.3) is 70.0 Å². The lowest BCUT2D eigenvalue weighted by Crippen LogP contribution is -1.96. The predicted molar refractivity (Wildman–Crippen MR) is 160 cm³/mol. The summed E-state index contributed by atoms with van der Waals surface area (Å²) in [5, 5.41) is 4.80. The lowest BCUT2D eigenvalue weighted by Gasteiger charge is -2.14. The van der Waals surface area contributed by atoms with Gasteiger partial charge in [0.05, 0.1) is 11.0 Å². The molecule has 5 aromatic carbocycles. The number of aromatic nitrogens is 3. The molecular formula is C34H21N3S. The van der Waals surface area contributed by atoms with E-state index in [9.17, 15) is 0 Å². The molecule has 3 aromatic heterocycles. The van der Waals surface area contributed by atoms with Gasteiger partial charge in [0.15, 0.2) is 0 Å². The van der Waals surface area contributed by atoms with Crippen molar-refractivity contribution >= 4 is 53.4 Å². The summed E-state index contributed by atoms with van der Waals surface area (Å²) in [6.45, 7) is 0. The first-order valence-electron chi connectivity index (χ1n) is 12.7. The van der Waals surface area contributed by atoms with E-state index in [2.05, 4.69) is 130 Å². The molecule has 3 nitrogen and oxygen atoms in total. The number of benzene rings is 5. The molecule has 8 rings (SSSR count). The van der Waals surface area contributed by atoms with E-state index in [4.69, 9.17) is 0 Å². The van der Waals surface area contributed by atoms with Crippen molar-refractivity contribution < 1.29 is 0 Å². The van der Waals surface area contributed by atoms with Crippen LogP contribution in [0, 0.1) is 0 Å². The standard InChI is InChI=1S/C34H21N3S/c1-3-9-22(10-4-1)24-15-25(23-11-5-2-6-12-23)17-26(16-24)37-31-14-8-7-13-27(31)28-19-33-29(18-32(28)37)30-20-35-21-36-34(30)38-33/h1-21H. The molecule has 0 saturated heterocycles. The van der Waals surface area contributed by atoms with E-state index in [1.807, 2.05) is 6.20 Å². The zero-order valence-electron chi connectivity index (χ0n) is 20.4. The molecule has 178 valence electrons. The summed E-state index contributed by atoms with van der Waals surface area (Å²) in [5.74, 6) is 0. The van der Waals surface area contributed by atoms with E-state index in [0.717, 1.165) is 15.9 Å². The Balaban J connectivity index is 1.49. The highest BCUT2D eigenvalue weighted by Crippen LogP contribution is 2.41. The first-order chi connectivity index (χ1) is 18.8. The van der Waals surface area contributed by atoms with Crippen LogP contribution in [0.2, 0.25) is 0 Å². The molecule has 3 heterocycles. The van der Waals surface area contributed by atoms with E-state index in [-0.39, 0.29) is 0 Å². The smallest absolute Gasteiger partial charge is 0.127 e. The number of rotatable bonds is 3. The number of hydrogen-bond acceptors (Lipinski definition) is 3. The molecule has 0 aliphatic heterocycles. The highest BCUT2D eigenvalue weighted by Gasteiger charge is 2.17. The highest BCUT2D eigenvalue weighted by molar-refractivity contribution is 7.25. The lowest BCUT2D eigenvalue weighted by molar-refractivity contribution is 1.18. The summed E-state index contributed by atoms with van der Waals surface area (Å²) in [4.78, 5) is 9.87. The van der Waals surface area contributed by atoms with Gasteiger partial charge >= 0.3 is 0 Å². The Morgan fingerprint density at radius 2 is 1.21 bits per heavy atom. The Hall–Kier alpha value is -4.80. The van der Waals surface area contributed by atoms with Crippen LogP contribution in [0.5, 0.6) is 0 Å². The van der Waals surface area contributed by atoms with Crippen molar-refractivity contribution in [3.8, 4) is 27.9 Å². The van der Waals surface area contributed by atoms with Crippen LogP contribution in [0.1, 0.15) is 0 Å². The van der Waals surface area contributed by atoms with Gasteiger partial charge in [0.25, 0.3) is 0 Å². The van der Waals surface area contributed by atoms with Crippen LogP contribution in [0.15, 0.2) is 128 Å². The van der Waals surface area contributed by atoms with Crippen molar-refractivity contribution in [2.45, 2.75) is 0 Å².